The molecule has 0 aliphatic carbocycles. The molecular formula is C22H25FN4O2. The van der Waals surface area contributed by atoms with Gasteiger partial charge in [-0.3, -0.25) is 4.98 Å². The highest BCUT2D eigenvalue weighted by atomic mass is 19.1. The predicted molar refractivity (Wildman–Crippen MR) is 109 cm³/mol. The number of carbonyl (C=O) groups is 1. The number of hydrogen-bond donors (Lipinski definition) is 1. The lowest BCUT2D eigenvalue weighted by molar-refractivity contribution is 0.0697. The first-order chi connectivity index (χ1) is 14.0. The van der Waals surface area contributed by atoms with Crippen molar-refractivity contribution in [2.24, 2.45) is 0 Å². The molecule has 0 radical (unpaired) electrons. The summed E-state index contributed by atoms with van der Waals surface area (Å²) in [6.07, 6.45) is 2.96. The third kappa shape index (κ3) is 4.85. The fourth-order valence-corrected chi connectivity index (χ4v) is 3.20. The fraction of sp³-hybridized carbons (Fsp3) is 0.364. The van der Waals surface area contributed by atoms with Gasteiger partial charge >= 0.3 is 5.97 Å². The number of hydrogen-bond acceptors (Lipinski definition) is 4. The summed E-state index contributed by atoms with van der Waals surface area (Å²) in [7, 11) is 0. The molecule has 6 nitrogen and oxygen atoms in total. The number of benzene rings is 1. The predicted octanol–water partition coefficient (Wildman–Crippen LogP) is 4.85. The summed E-state index contributed by atoms with van der Waals surface area (Å²) in [5.74, 6) is -0.0492. The van der Waals surface area contributed by atoms with Crippen molar-refractivity contribution < 1.29 is 14.3 Å². The van der Waals surface area contributed by atoms with Crippen molar-refractivity contribution in [2.45, 2.75) is 52.2 Å². The Bertz CT molecular complexity index is 969. The molecule has 29 heavy (non-hydrogen) atoms. The lowest BCUT2D eigenvalue weighted by Gasteiger charge is -2.07. The Morgan fingerprint density at radius 1 is 1.17 bits per heavy atom. The van der Waals surface area contributed by atoms with Crippen LogP contribution in [0.15, 0.2) is 42.6 Å². The van der Waals surface area contributed by atoms with Gasteiger partial charge in [-0.2, -0.15) is 5.10 Å². The average molecular weight is 396 g/mol. The maximum absolute atomic E-state index is 14.2. The molecule has 1 unspecified atom stereocenters. The molecule has 0 amide bonds. The minimum Gasteiger partial charge on any atom is -0.478 e. The zero-order valence-electron chi connectivity index (χ0n) is 16.7. The van der Waals surface area contributed by atoms with Gasteiger partial charge in [0.2, 0.25) is 0 Å². The number of aromatic carboxylic acids is 1. The van der Waals surface area contributed by atoms with E-state index in [1.807, 2.05) is 26.0 Å². The smallest absolute Gasteiger partial charge is 0.336 e. The molecule has 1 aromatic carbocycles. The Kier molecular flexibility index (Phi) is 6.69. The molecule has 2 heterocycles. The number of rotatable bonds is 9. The second-order valence-corrected chi connectivity index (χ2v) is 6.93. The van der Waals surface area contributed by atoms with Gasteiger partial charge in [-0.05, 0) is 30.5 Å². The molecule has 152 valence electrons. The molecule has 0 aliphatic heterocycles. The highest BCUT2D eigenvalue weighted by molar-refractivity contribution is 5.95. The van der Waals surface area contributed by atoms with Gasteiger partial charge in [0.15, 0.2) is 12.0 Å². The lowest BCUT2D eigenvalue weighted by atomic mass is 10.0. The first-order valence-electron chi connectivity index (χ1n) is 9.88. The van der Waals surface area contributed by atoms with Crippen molar-refractivity contribution in [2.75, 3.05) is 0 Å². The Morgan fingerprint density at radius 3 is 2.62 bits per heavy atom. The number of nitrogens with zero attached hydrogens (tertiary/aromatic N) is 4. The van der Waals surface area contributed by atoms with Gasteiger partial charge in [0.05, 0.1) is 5.56 Å². The first-order valence-corrected chi connectivity index (χ1v) is 9.88. The van der Waals surface area contributed by atoms with E-state index in [1.165, 1.54) is 0 Å². The van der Waals surface area contributed by atoms with Crippen molar-refractivity contribution >= 4 is 5.97 Å². The van der Waals surface area contributed by atoms with Crippen LogP contribution < -0.4 is 0 Å². The van der Waals surface area contributed by atoms with E-state index < -0.39 is 12.1 Å². The van der Waals surface area contributed by atoms with Crippen LogP contribution in [0.3, 0.4) is 0 Å². The molecule has 3 rings (SSSR count). The van der Waals surface area contributed by atoms with Crippen molar-refractivity contribution in [3.05, 3.63) is 65.5 Å². The molecule has 0 aliphatic rings. The van der Waals surface area contributed by atoms with Crippen LogP contribution >= 0.6 is 0 Å². The molecule has 0 spiro atoms. The van der Waals surface area contributed by atoms with Crippen molar-refractivity contribution in [1.29, 1.82) is 0 Å². The Balaban J connectivity index is 1.84. The third-order valence-electron chi connectivity index (χ3n) is 4.65. The van der Waals surface area contributed by atoms with E-state index in [0.29, 0.717) is 30.8 Å². The van der Waals surface area contributed by atoms with Crippen molar-refractivity contribution in [3.8, 4) is 11.1 Å². The normalized spacial score (nSPS) is 12.1. The summed E-state index contributed by atoms with van der Waals surface area (Å²) < 4.78 is 16.0. The summed E-state index contributed by atoms with van der Waals surface area (Å²) >= 11 is 0. The zero-order valence-corrected chi connectivity index (χ0v) is 16.7. The van der Waals surface area contributed by atoms with Crippen LogP contribution in [-0.2, 0) is 13.0 Å². The number of aromatic nitrogens is 4. The largest absolute Gasteiger partial charge is 0.478 e. The lowest BCUT2D eigenvalue weighted by Crippen LogP contribution is -2.07. The van der Waals surface area contributed by atoms with Crippen LogP contribution in [0.1, 0.15) is 67.0 Å². The topological polar surface area (TPSA) is 80.9 Å². The van der Waals surface area contributed by atoms with Crippen molar-refractivity contribution in [3.63, 3.8) is 0 Å². The van der Waals surface area contributed by atoms with Crippen LogP contribution in [0.25, 0.3) is 11.1 Å². The molecule has 0 fully saturated rings. The SMILES string of the molecule is CCCC(F)c1nc(Cc2ccc(-c3ccccc3C(=O)O)cn2)n(CCC)n1. The number of pyridine rings is 1. The van der Waals surface area contributed by atoms with Crippen LogP contribution in [0.5, 0.6) is 0 Å². The molecule has 3 aromatic rings. The van der Waals surface area contributed by atoms with Crippen LogP contribution in [0.2, 0.25) is 0 Å². The molecule has 0 saturated carbocycles. The number of alkyl halides is 1. The van der Waals surface area contributed by atoms with Gasteiger partial charge in [-0.25, -0.2) is 18.9 Å². The maximum Gasteiger partial charge on any atom is 0.336 e. The monoisotopic (exact) mass is 396 g/mol. The summed E-state index contributed by atoms with van der Waals surface area (Å²) in [6.45, 7) is 4.65. The van der Waals surface area contributed by atoms with Gasteiger partial charge < -0.3 is 5.11 Å². The average Bonchev–Trinajstić information content (AvgIpc) is 3.12. The molecule has 2 aromatic heterocycles. The minimum atomic E-state index is -1.15. The Morgan fingerprint density at radius 2 is 1.97 bits per heavy atom. The summed E-state index contributed by atoms with van der Waals surface area (Å²) in [6, 6.07) is 10.5. The first kappa shape index (κ1) is 20.6. The summed E-state index contributed by atoms with van der Waals surface area (Å²) in [4.78, 5) is 20.3. The molecule has 1 N–H and O–H groups in total. The van der Waals surface area contributed by atoms with E-state index in [9.17, 15) is 14.3 Å². The minimum absolute atomic E-state index is 0.235. The molecule has 1 atom stereocenters. The molecular weight excluding hydrogens is 371 g/mol. The van der Waals surface area contributed by atoms with Gasteiger partial charge in [-0.15, -0.1) is 0 Å². The van der Waals surface area contributed by atoms with E-state index in [4.69, 9.17) is 0 Å². The van der Waals surface area contributed by atoms with E-state index in [-0.39, 0.29) is 11.4 Å². The maximum atomic E-state index is 14.2. The molecule has 7 heteroatoms. The number of carboxylic acid groups (broad SMARTS) is 1. The van der Waals surface area contributed by atoms with Gasteiger partial charge in [-0.1, -0.05) is 44.5 Å². The van der Waals surface area contributed by atoms with Gasteiger partial charge in [0, 0.05) is 30.4 Å². The van der Waals surface area contributed by atoms with Crippen LogP contribution in [0, 0.1) is 0 Å². The number of aryl methyl sites for hydroxylation is 1. The third-order valence-corrected chi connectivity index (χ3v) is 4.65. The summed E-state index contributed by atoms with van der Waals surface area (Å²) in [5, 5.41) is 13.7. The Hall–Kier alpha value is -3.09. The number of halogens is 1. The van der Waals surface area contributed by atoms with Crippen LogP contribution in [-0.4, -0.2) is 30.8 Å². The second-order valence-electron chi connectivity index (χ2n) is 6.93. The Labute approximate surface area is 169 Å². The number of carboxylic acids is 1. The fourth-order valence-electron chi connectivity index (χ4n) is 3.20. The molecule has 0 bridgehead atoms. The highest BCUT2D eigenvalue weighted by Crippen LogP contribution is 2.24. The molecule has 0 saturated heterocycles. The standard InChI is InChI=1S/C22H25FN4O2/c1-3-7-19(23)21-25-20(27(26-21)12-4-2)13-16-11-10-15(14-24-16)17-8-5-6-9-18(17)22(28)29/h5-6,8-11,14,19H,3-4,7,12-13H2,1-2H3,(H,28,29). The van der Waals surface area contributed by atoms with Crippen LogP contribution in [0.4, 0.5) is 4.39 Å². The van der Waals surface area contributed by atoms with Gasteiger partial charge in [0.25, 0.3) is 0 Å². The van der Waals surface area contributed by atoms with Gasteiger partial charge in [0.1, 0.15) is 5.82 Å². The van der Waals surface area contributed by atoms with E-state index in [0.717, 1.165) is 24.1 Å². The van der Waals surface area contributed by atoms with E-state index >= 15 is 0 Å². The second kappa shape index (κ2) is 9.41. The summed E-state index contributed by atoms with van der Waals surface area (Å²) in [5.41, 5.74) is 2.35. The quantitative estimate of drug-likeness (QED) is 0.559. The highest BCUT2D eigenvalue weighted by Gasteiger charge is 2.18. The van der Waals surface area contributed by atoms with E-state index in [2.05, 4.69) is 15.1 Å². The zero-order chi connectivity index (χ0) is 20.8. The van der Waals surface area contributed by atoms with Crippen molar-refractivity contribution in [1.82, 2.24) is 19.7 Å². The van der Waals surface area contributed by atoms with E-state index in [1.54, 1.807) is 35.1 Å².